The maximum atomic E-state index is 12.3. The van der Waals surface area contributed by atoms with Crippen molar-refractivity contribution in [1.29, 1.82) is 0 Å². The van der Waals surface area contributed by atoms with E-state index in [-0.39, 0.29) is 24.7 Å². The van der Waals surface area contributed by atoms with Gasteiger partial charge in [0.05, 0.1) is 12.6 Å². The van der Waals surface area contributed by atoms with Gasteiger partial charge in [-0.3, -0.25) is 4.79 Å². The lowest BCUT2D eigenvalue weighted by Gasteiger charge is -2.28. The van der Waals surface area contributed by atoms with Gasteiger partial charge in [-0.1, -0.05) is 18.2 Å². The molecule has 24 heavy (non-hydrogen) atoms. The maximum Gasteiger partial charge on any atom is 0.246 e. The van der Waals surface area contributed by atoms with Gasteiger partial charge in [-0.25, -0.2) is 4.98 Å². The van der Waals surface area contributed by atoms with Crippen molar-refractivity contribution in [1.82, 2.24) is 14.9 Å². The number of nitrogens with one attached hydrogen (secondary N) is 1. The lowest BCUT2D eigenvalue weighted by atomic mass is 9.98. The van der Waals surface area contributed by atoms with E-state index in [1.807, 2.05) is 49.9 Å². The van der Waals surface area contributed by atoms with E-state index in [4.69, 9.17) is 9.47 Å². The quantitative estimate of drug-likeness (QED) is 0.915. The second-order valence-corrected chi connectivity index (χ2v) is 6.10. The van der Waals surface area contributed by atoms with Crippen molar-refractivity contribution in [2.45, 2.75) is 32.4 Å². The smallest absolute Gasteiger partial charge is 0.246 e. The molecule has 2 aromatic rings. The summed E-state index contributed by atoms with van der Waals surface area (Å²) >= 11 is 0. The summed E-state index contributed by atoms with van der Waals surface area (Å²) in [6, 6.07) is 5.97. The minimum atomic E-state index is -0.236. The van der Waals surface area contributed by atoms with Gasteiger partial charge in [-0.15, -0.1) is 0 Å². The molecule has 0 saturated heterocycles. The number of rotatable bonds is 5. The number of carbonyl (C=O) groups is 1. The van der Waals surface area contributed by atoms with Crippen LogP contribution in [0.5, 0.6) is 5.75 Å². The van der Waals surface area contributed by atoms with E-state index in [2.05, 4.69) is 10.3 Å². The summed E-state index contributed by atoms with van der Waals surface area (Å²) in [6.07, 6.45) is 4.10. The van der Waals surface area contributed by atoms with Crippen LogP contribution in [0.1, 0.15) is 42.4 Å². The average molecular weight is 329 g/mol. The third-order valence-corrected chi connectivity index (χ3v) is 4.29. The Morgan fingerprint density at radius 2 is 2.38 bits per heavy atom. The SMILES string of the molecule is Cc1cccc2c1OCC[C@H]2NC(=O)COC(C)c1nccn1C. The molecule has 0 radical (unpaired) electrons. The summed E-state index contributed by atoms with van der Waals surface area (Å²) in [6.45, 7) is 4.52. The van der Waals surface area contributed by atoms with E-state index in [1.54, 1.807) is 6.20 Å². The number of aryl methyl sites for hydroxylation is 2. The van der Waals surface area contributed by atoms with Crippen LogP contribution in [0.15, 0.2) is 30.6 Å². The number of hydrogen-bond acceptors (Lipinski definition) is 4. The Balaban J connectivity index is 1.58. The standard InChI is InChI=1S/C18H23N3O3/c1-12-5-4-6-14-15(7-10-23-17(12)14)20-16(22)11-24-13(2)18-19-8-9-21(18)3/h4-6,8-9,13,15H,7,10-11H2,1-3H3,(H,20,22)/t13?,15-/m1/s1. The van der Waals surface area contributed by atoms with E-state index in [0.717, 1.165) is 29.1 Å². The molecular formula is C18H23N3O3. The first kappa shape index (κ1) is 16.5. The lowest BCUT2D eigenvalue weighted by molar-refractivity contribution is -0.128. The van der Waals surface area contributed by atoms with E-state index in [1.165, 1.54) is 0 Å². The number of hydrogen-bond donors (Lipinski definition) is 1. The molecule has 3 rings (SSSR count). The van der Waals surface area contributed by atoms with Gasteiger partial charge in [0, 0.05) is 31.4 Å². The Hall–Kier alpha value is -2.34. The van der Waals surface area contributed by atoms with E-state index < -0.39 is 0 Å². The monoisotopic (exact) mass is 329 g/mol. The third kappa shape index (κ3) is 3.43. The Kier molecular flexibility index (Phi) is 4.85. The van der Waals surface area contributed by atoms with Gasteiger partial charge < -0.3 is 19.4 Å². The van der Waals surface area contributed by atoms with Crippen molar-refractivity contribution >= 4 is 5.91 Å². The average Bonchev–Trinajstić information content (AvgIpc) is 3.00. The zero-order chi connectivity index (χ0) is 17.1. The molecule has 1 amide bonds. The first-order valence-electron chi connectivity index (χ1n) is 8.16. The van der Waals surface area contributed by atoms with Crippen LogP contribution in [-0.4, -0.2) is 28.7 Å². The molecule has 0 aliphatic carbocycles. The number of benzene rings is 1. The molecule has 2 atom stereocenters. The second kappa shape index (κ2) is 7.05. The Bertz CT molecular complexity index is 726. The van der Waals surface area contributed by atoms with Gasteiger partial charge in [-0.2, -0.15) is 0 Å². The molecule has 1 aromatic carbocycles. The van der Waals surface area contributed by atoms with Crippen molar-refractivity contribution in [3.05, 3.63) is 47.5 Å². The lowest BCUT2D eigenvalue weighted by Crippen LogP contribution is -2.35. The molecule has 0 bridgehead atoms. The molecular weight excluding hydrogens is 306 g/mol. The number of para-hydroxylation sites is 1. The minimum Gasteiger partial charge on any atom is -0.493 e. The fourth-order valence-electron chi connectivity index (χ4n) is 3.01. The highest BCUT2D eigenvalue weighted by atomic mass is 16.5. The highest BCUT2D eigenvalue weighted by Crippen LogP contribution is 2.34. The number of ether oxygens (including phenoxy) is 2. The maximum absolute atomic E-state index is 12.3. The number of carbonyl (C=O) groups excluding carboxylic acids is 1. The molecule has 1 aliphatic rings. The van der Waals surface area contributed by atoms with Crippen LogP contribution in [0, 0.1) is 6.92 Å². The second-order valence-electron chi connectivity index (χ2n) is 6.10. The van der Waals surface area contributed by atoms with Crippen LogP contribution in [0.25, 0.3) is 0 Å². The number of fused-ring (bicyclic) bond motifs is 1. The molecule has 0 fully saturated rings. The summed E-state index contributed by atoms with van der Waals surface area (Å²) in [5.41, 5.74) is 2.12. The van der Waals surface area contributed by atoms with E-state index >= 15 is 0 Å². The van der Waals surface area contributed by atoms with Crippen LogP contribution >= 0.6 is 0 Å². The fraction of sp³-hybridized carbons (Fsp3) is 0.444. The van der Waals surface area contributed by atoms with Crippen molar-refractivity contribution in [2.75, 3.05) is 13.2 Å². The first-order chi connectivity index (χ1) is 11.6. The zero-order valence-corrected chi connectivity index (χ0v) is 14.3. The molecule has 6 nitrogen and oxygen atoms in total. The van der Waals surface area contributed by atoms with Gasteiger partial charge in [-0.05, 0) is 19.4 Å². The van der Waals surface area contributed by atoms with E-state index in [0.29, 0.717) is 6.61 Å². The van der Waals surface area contributed by atoms with Crippen LogP contribution in [0.2, 0.25) is 0 Å². The molecule has 0 saturated carbocycles. The molecule has 1 aromatic heterocycles. The van der Waals surface area contributed by atoms with Gasteiger partial charge in [0.1, 0.15) is 24.3 Å². The predicted molar refractivity (Wildman–Crippen MR) is 89.7 cm³/mol. The molecule has 6 heteroatoms. The van der Waals surface area contributed by atoms with Gasteiger partial charge in [0.2, 0.25) is 5.91 Å². The van der Waals surface area contributed by atoms with Crippen LogP contribution in [0.4, 0.5) is 0 Å². The Labute approximate surface area is 141 Å². The molecule has 1 unspecified atom stereocenters. The topological polar surface area (TPSA) is 65.4 Å². The number of nitrogens with zero attached hydrogens (tertiary/aromatic N) is 2. The van der Waals surface area contributed by atoms with Crippen molar-refractivity contribution in [3.63, 3.8) is 0 Å². The van der Waals surface area contributed by atoms with Crippen molar-refractivity contribution in [3.8, 4) is 5.75 Å². The molecule has 1 N–H and O–H groups in total. The van der Waals surface area contributed by atoms with Crippen molar-refractivity contribution in [2.24, 2.45) is 7.05 Å². The summed E-state index contributed by atoms with van der Waals surface area (Å²) in [5, 5.41) is 3.05. The number of imidazole rings is 1. The molecule has 128 valence electrons. The number of aromatic nitrogens is 2. The van der Waals surface area contributed by atoms with Crippen LogP contribution < -0.4 is 10.1 Å². The summed E-state index contributed by atoms with van der Waals surface area (Å²) < 4.78 is 13.3. The predicted octanol–water partition coefficient (Wildman–Crippen LogP) is 2.45. The third-order valence-electron chi connectivity index (χ3n) is 4.29. The minimum absolute atomic E-state index is 0.00648. The Morgan fingerprint density at radius 1 is 1.54 bits per heavy atom. The summed E-state index contributed by atoms with van der Waals surface area (Å²) in [4.78, 5) is 16.5. The van der Waals surface area contributed by atoms with Crippen LogP contribution in [0.3, 0.4) is 0 Å². The fourth-order valence-corrected chi connectivity index (χ4v) is 3.01. The highest BCUT2D eigenvalue weighted by Gasteiger charge is 2.24. The summed E-state index contributed by atoms with van der Waals surface area (Å²) in [5.74, 6) is 1.56. The molecule has 2 heterocycles. The van der Waals surface area contributed by atoms with Gasteiger partial charge >= 0.3 is 0 Å². The van der Waals surface area contributed by atoms with Gasteiger partial charge in [0.25, 0.3) is 0 Å². The highest BCUT2D eigenvalue weighted by molar-refractivity contribution is 5.78. The van der Waals surface area contributed by atoms with Crippen molar-refractivity contribution < 1.29 is 14.3 Å². The summed E-state index contributed by atoms with van der Waals surface area (Å²) in [7, 11) is 1.91. The first-order valence-corrected chi connectivity index (χ1v) is 8.16. The molecule has 1 aliphatic heterocycles. The Morgan fingerprint density at radius 3 is 3.12 bits per heavy atom. The normalized spacial score (nSPS) is 17.7. The van der Waals surface area contributed by atoms with Crippen LogP contribution in [-0.2, 0) is 16.6 Å². The molecule has 0 spiro atoms. The van der Waals surface area contributed by atoms with Gasteiger partial charge in [0.15, 0.2) is 0 Å². The largest absolute Gasteiger partial charge is 0.493 e. The number of amides is 1. The zero-order valence-electron chi connectivity index (χ0n) is 14.3. The van der Waals surface area contributed by atoms with E-state index in [9.17, 15) is 4.79 Å².